The van der Waals surface area contributed by atoms with E-state index in [-0.39, 0.29) is 5.75 Å². The summed E-state index contributed by atoms with van der Waals surface area (Å²) in [7, 11) is -2.78. The van der Waals surface area contributed by atoms with E-state index in [1.165, 1.54) is 0 Å². The Balaban J connectivity index is 2.14. The molecular formula is C11H23BrN2O2S. The summed E-state index contributed by atoms with van der Waals surface area (Å²) in [5, 5.41) is 1.03. The van der Waals surface area contributed by atoms with Crippen molar-refractivity contribution in [1.29, 1.82) is 0 Å². The van der Waals surface area contributed by atoms with Crippen molar-refractivity contribution < 1.29 is 8.42 Å². The number of hydrogen-bond donors (Lipinski definition) is 0. The second kappa shape index (κ2) is 7.71. The van der Waals surface area contributed by atoms with E-state index in [4.69, 9.17) is 0 Å². The fraction of sp³-hybridized carbons (Fsp3) is 1.00. The third-order valence-corrected chi connectivity index (χ3v) is 5.38. The van der Waals surface area contributed by atoms with Gasteiger partial charge in [0.2, 0.25) is 0 Å². The van der Waals surface area contributed by atoms with Gasteiger partial charge in [0.05, 0.1) is 5.75 Å². The van der Waals surface area contributed by atoms with Crippen molar-refractivity contribution in [3.8, 4) is 0 Å². The van der Waals surface area contributed by atoms with Crippen LogP contribution in [0, 0.1) is 0 Å². The average Bonchev–Trinajstić information content (AvgIpc) is 2.32. The van der Waals surface area contributed by atoms with Crippen molar-refractivity contribution in [2.75, 3.05) is 56.1 Å². The molecule has 1 aliphatic heterocycles. The Hall–Kier alpha value is 0.350. The molecule has 0 aromatic rings. The fourth-order valence-corrected chi connectivity index (χ4v) is 3.37. The monoisotopic (exact) mass is 326 g/mol. The maximum Gasteiger partial charge on any atom is 0.150 e. The molecule has 102 valence electrons. The van der Waals surface area contributed by atoms with Gasteiger partial charge in [-0.05, 0) is 13.0 Å². The first kappa shape index (κ1) is 15.4. The molecule has 1 aliphatic rings. The normalized spacial score (nSPS) is 19.6. The zero-order valence-corrected chi connectivity index (χ0v) is 13.0. The Morgan fingerprint density at radius 3 is 2.06 bits per heavy atom. The molecule has 0 spiro atoms. The summed E-state index contributed by atoms with van der Waals surface area (Å²) < 4.78 is 22.7. The minimum absolute atomic E-state index is 0.270. The Labute approximate surface area is 113 Å². The van der Waals surface area contributed by atoms with Crippen LogP contribution in [0.1, 0.15) is 13.3 Å². The molecule has 4 nitrogen and oxygen atoms in total. The van der Waals surface area contributed by atoms with Crippen LogP contribution >= 0.6 is 15.9 Å². The minimum atomic E-state index is -2.78. The smallest absolute Gasteiger partial charge is 0.150 e. The summed E-state index contributed by atoms with van der Waals surface area (Å²) in [6.07, 6.45) is 0.772. The van der Waals surface area contributed by atoms with E-state index in [0.29, 0.717) is 5.75 Å². The number of alkyl halides is 1. The lowest BCUT2D eigenvalue weighted by molar-refractivity contribution is 0.139. The summed E-state index contributed by atoms with van der Waals surface area (Å²) in [6.45, 7) is 8.09. The summed E-state index contributed by atoms with van der Waals surface area (Å²) in [5.41, 5.74) is 0. The van der Waals surface area contributed by atoms with Gasteiger partial charge in [-0.3, -0.25) is 4.90 Å². The predicted molar refractivity (Wildman–Crippen MR) is 75.6 cm³/mol. The molecule has 1 heterocycles. The van der Waals surface area contributed by atoms with E-state index in [9.17, 15) is 8.42 Å². The van der Waals surface area contributed by atoms with Crippen molar-refractivity contribution >= 4 is 25.8 Å². The van der Waals surface area contributed by atoms with Crippen LogP contribution in [0.15, 0.2) is 0 Å². The van der Waals surface area contributed by atoms with Gasteiger partial charge in [-0.25, -0.2) is 8.42 Å². The summed E-state index contributed by atoms with van der Waals surface area (Å²) in [6, 6.07) is 0. The average molecular weight is 327 g/mol. The lowest BCUT2D eigenvalue weighted by Gasteiger charge is -2.34. The predicted octanol–water partition coefficient (Wildman–Crippen LogP) is 0.824. The van der Waals surface area contributed by atoms with Gasteiger partial charge in [0, 0.05) is 43.8 Å². The van der Waals surface area contributed by atoms with Crippen LogP contribution in [0.4, 0.5) is 0 Å². The molecular weight excluding hydrogens is 304 g/mol. The number of hydrogen-bond acceptors (Lipinski definition) is 4. The third-order valence-electron chi connectivity index (χ3n) is 3.24. The summed E-state index contributed by atoms with van der Waals surface area (Å²) in [5.74, 6) is 0.608. The lowest BCUT2D eigenvalue weighted by atomic mass is 10.3. The van der Waals surface area contributed by atoms with E-state index in [1.54, 1.807) is 6.92 Å². The Morgan fingerprint density at radius 2 is 1.59 bits per heavy atom. The van der Waals surface area contributed by atoms with Gasteiger partial charge in [-0.2, -0.15) is 0 Å². The van der Waals surface area contributed by atoms with Gasteiger partial charge in [0.15, 0.2) is 0 Å². The van der Waals surface area contributed by atoms with Crippen molar-refractivity contribution in [3.05, 3.63) is 0 Å². The lowest BCUT2D eigenvalue weighted by Crippen LogP contribution is -2.47. The number of sulfone groups is 1. The van der Waals surface area contributed by atoms with Gasteiger partial charge < -0.3 is 4.90 Å². The van der Waals surface area contributed by atoms with Gasteiger partial charge in [0.25, 0.3) is 0 Å². The minimum Gasteiger partial charge on any atom is -0.301 e. The molecule has 1 rings (SSSR count). The van der Waals surface area contributed by atoms with E-state index in [0.717, 1.165) is 51.0 Å². The van der Waals surface area contributed by atoms with Gasteiger partial charge in [-0.15, -0.1) is 0 Å². The molecule has 0 N–H and O–H groups in total. The number of halogens is 1. The molecule has 0 bridgehead atoms. The molecule has 0 aromatic heterocycles. The Morgan fingerprint density at radius 1 is 1.06 bits per heavy atom. The van der Waals surface area contributed by atoms with Crippen LogP contribution in [0.5, 0.6) is 0 Å². The SMILES string of the molecule is CCS(=O)(=O)CCCN1CCN(CCBr)CC1. The Bertz CT molecular complexity index is 301. The first-order valence-electron chi connectivity index (χ1n) is 6.28. The molecule has 0 unspecified atom stereocenters. The maximum atomic E-state index is 11.3. The number of nitrogens with zero attached hydrogens (tertiary/aromatic N) is 2. The van der Waals surface area contributed by atoms with Crippen molar-refractivity contribution in [1.82, 2.24) is 9.80 Å². The second-order valence-electron chi connectivity index (χ2n) is 4.46. The number of piperazine rings is 1. The first-order valence-corrected chi connectivity index (χ1v) is 9.23. The molecule has 6 heteroatoms. The van der Waals surface area contributed by atoms with Crippen LogP contribution in [0.3, 0.4) is 0 Å². The van der Waals surface area contributed by atoms with Crippen molar-refractivity contribution in [3.63, 3.8) is 0 Å². The number of rotatable bonds is 7. The maximum absolute atomic E-state index is 11.3. The van der Waals surface area contributed by atoms with E-state index in [1.807, 2.05) is 0 Å². The van der Waals surface area contributed by atoms with E-state index >= 15 is 0 Å². The van der Waals surface area contributed by atoms with Crippen LogP contribution in [-0.4, -0.2) is 74.3 Å². The molecule has 0 atom stereocenters. The summed E-state index contributed by atoms with van der Waals surface area (Å²) in [4.78, 5) is 4.81. The third kappa shape index (κ3) is 6.18. The highest BCUT2D eigenvalue weighted by Crippen LogP contribution is 2.04. The van der Waals surface area contributed by atoms with Crippen LogP contribution in [-0.2, 0) is 9.84 Å². The first-order chi connectivity index (χ1) is 8.07. The highest BCUT2D eigenvalue weighted by atomic mass is 79.9. The van der Waals surface area contributed by atoms with Crippen LogP contribution < -0.4 is 0 Å². The molecule has 1 fully saturated rings. The quantitative estimate of drug-likeness (QED) is 0.650. The van der Waals surface area contributed by atoms with Crippen molar-refractivity contribution in [2.24, 2.45) is 0 Å². The van der Waals surface area contributed by atoms with Crippen molar-refractivity contribution in [2.45, 2.75) is 13.3 Å². The zero-order chi connectivity index (χ0) is 12.7. The van der Waals surface area contributed by atoms with Gasteiger partial charge in [0.1, 0.15) is 9.84 Å². The van der Waals surface area contributed by atoms with Crippen LogP contribution in [0.2, 0.25) is 0 Å². The topological polar surface area (TPSA) is 40.6 Å². The van der Waals surface area contributed by atoms with E-state index < -0.39 is 9.84 Å². The van der Waals surface area contributed by atoms with Gasteiger partial charge in [-0.1, -0.05) is 22.9 Å². The van der Waals surface area contributed by atoms with Gasteiger partial charge >= 0.3 is 0 Å². The molecule has 0 aliphatic carbocycles. The van der Waals surface area contributed by atoms with Crippen LogP contribution in [0.25, 0.3) is 0 Å². The molecule has 0 radical (unpaired) electrons. The fourth-order valence-electron chi connectivity index (χ4n) is 2.01. The summed E-state index contributed by atoms with van der Waals surface area (Å²) >= 11 is 3.45. The zero-order valence-electron chi connectivity index (χ0n) is 10.6. The highest BCUT2D eigenvalue weighted by Gasteiger charge is 2.16. The second-order valence-corrected chi connectivity index (χ2v) is 7.73. The molecule has 0 saturated carbocycles. The molecule has 1 saturated heterocycles. The van der Waals surface area contributed by atoms with E-state index in [2.05, 4.69) is 25.7 Å². The molecule has 0 aromatic carbocycles. The largest absolute Gasteiger partial charge is 0.301 e. The highest BCUT2D eigenvalue weighted by molar-refractivity contribution is 9.09. The molecule has 0 amide bonds. The molecule has 17 heavy (non-hydrogen) atoms. The Kier molecular flexibility index (Phi) is 6.99. The standard InChI is InChI=1S/C11H23BrN2O2S/c1-2-17(15,16)11-3-5-13-7-9-14(6-4-12)10-8-13/h2-11H2,1H3.